The van der Waals surface area contributed by atoms with E-state index >= 15 is 0 Å². The Morgan fingerprint density at radius 1 is 1.58 bits per heavy atom. The minimum Gasteiger partial charge on any atom is -0.432 e. The summed E-state index contributed by atoms with van der Waals surface area (Å²) in [6.45, 7) is 1.96. The second-order valence-corrected chi connectivity index (χ2v) is 5.47. The third-order valence-corrected chi connectivity index (χ3v) is 3.98. The second-order valence-electron chi connectivity index (χ2n) is 4.58. The molecule has 2 aromatic heterocycles. The van der Waals surface area contributed by atoms with Gasteiger partial charge in [0.25, 0.3) is 0 Å². The number of carbonyl (C=O) groups excluding carboxylic acids is 1. The fraction of sp³-hybridized carbons (Fsp3) is 0.417. The molecular weight excluding hydrogens is 264 g/mol. The lowest BCUT2D eigenvalue weighted by Gasteiger charge is -2.15. The summed E-state index contributed by atoms with van der Waals surface area (Å²) in [4.78, 5) is 20.2. The van der Waals surface area contributed by atoms with Gasteiger partial charge in [0.1, 0.15) is 11.3 Å². The Labute approximate surface area is 114 Å². The molecule has 100 valence electrons. The molecule has 1 aliphatic rings. The maximum atomic E-state index is 11.9. The summed E-state index contributed by atoms with van der Waals surface area (Å²) in [6.07, 6.45) is 5.15. The van der Waals surface area contributed by atoms with Crippen molar-refractivity contribution in [3.63, 3.8) is 0 Å². The summed E-state index contributed by atoms with van der Waals surface area (Å²) < 4.78 is 4.98. The zero-order valence-corrected chi connectivity index (χ0v) is 11.2. The van der Waals surface area contributed by atoms with E-state index in [0.29, 0.717) is 5.92 Å². The monoisotopic (exact) mass is 278 g/mol. The van der Waals surface area contributed by atoms with Crippen molar-refractivity contribution in [1.29, 1.82) is 0 Å². The van der Waals surface area contributed by atoms with Gasteiger partial charge >= 0.3 is 12.0 Å². The van der Waals surface area contributed by atoms with E-state index in [1.807, 2.05) is 12.3 Å². The Bertz CT molecular complexity index is 562. The molecular formula is C12H14N4O2S. The summed E-state index contributed by atoms with van der Waals surface area (Å²) in [5, 5.41) is 8.46. The number of urea groups is 1. The third-order valence-electron chi connectivity index (χ3n) is 2.94. The molecule has 0 saturated heterocycles. The SMILES string of the molecule is Cc1csc(C(NC(=O)Nc2ncco2)C2CC2)n1. The molecule has 1 atom stereocenters. The predicted molar refractivity (Wildman–Crippen MR) is 71.0 cm³/mol. The van der Waals surface area contributed by atoms with E-state index in [4.69, 9.17) is 4.42 Å². The largest absolute Gasteiger partial charge is 0.432 e. The van der Waals surface area contributed by atoms with Crippen LogP contribution in [-0.2, 0) is 0 Å². The van der Waals surface area contributed by atoms with Crippen LogP contribution in [0.25, 0.3) is 0 Å². The molecule has 0 radical (unpaired) electrons. The Balaban J connectivity index is 1.66. The second kappa shape index (κ2) is 5.00. The molecule has 2 N–H and O–H groups in total. The maximum Gasteiger partial charge on any atom is 0.323 e. The van der Waals surface area contributed by atoms with Crippen molar-refractivity contribution >= 4 is 23.4 Å². The standard InChI is InChI=1S/C12H14N4O2S/c1-7-6-19-10(14-7)9(8-2-3-8)15-11(17)16-12-13-4-5-18-12/h4-6,8-9H,2-3H2,1H3,(H2,13,15,16,17). The van der Waals surface area contributed by atoms with Crippen molar-refractivity contribution in [2.24, 2.45) is 5.92 Å². The normalized spacial score (nSPS) is 16.1. The van der Waals surface area contributed by atoms with Gasteiger partial charge in [-0.25, -0.2) is 14.8 Å². The number of carbonyl (C=O) groups is 1. The van der Waals surface area contributed by atoms with Crippen LogP contribution < -0.4 is 10.6 Å². The lowest BCUT2D eigenvalue weighted by Crippen LogP contribution is -2.33. The first-order chi connectivity index (χ1) is 9.22. The van der Waals surface area contributed by atoms with E-state index in [0.717, 1.165) is 23.5 Å². The number of hydrogen-bond acceptors (Lipinski definition) is 5. The summed E-state index contributed by atoms with van der Waals surface area (Å²) in [7, 11) is 0. The highest BCUT2D eigenvalue weighted by molar-refractivity contribution is 7.09. The van der Waals surface area contributed by atoms with Crippen molar-refractivity contribution in [1.82, 2.24) is 15.3 Å². The Hall–Kier alpha value is -1.89. The van der Waals surface area contributed by atoms with E-state index in [9.17, 15) is 4.79 Å². The van der Waals surface area contributed by atoms with Gasteiger partial charge < -0.3 is 9.73 Å². The van der Waals surface area contributed by atoms with Crippen molar-refractivity contribution in [2.75, 3.05) is 5.32 Å². The number of nitrogens with zero attached hydrogens (tertiary/aromatic N) is 2. The highest BCUT2D eigenvalue weighted by Crippen LogP contribution is 2.41. The van der Waals surface area contributed by atoms with Crippen LogP contribution in [0.3, 0.4) is 0 Å². The van der Waals surface area contributed by atoms with Gasteiger partial charge in [0.15, 0.2) is 0 Å². The first-order valence-corrected chi connectivity index (χ1v) is 6.99. The van der Waals surface area contributed by atoms with Gasteiger partial charge in [-0.15, -0.1) is 11.3 Å². The van der Waals surface area contributed by atoms with Crippen molar-refractivity contribution in [3.05, 3.63) is 28.5 Å². The maximum absolute atomic E-state index is 11.9. The van der Waals surface area contributed by atoms with Crippen LogP contribution in [0.1, 0.15) is 29.6 Å². The Morgan fingerprint density at radius 2 is 2.42 bits per heavy atom. The molecule has 7 heteroatoms. The minimum atomic E-state index is -0.313. The molecule has 2 heterocycles. The highest BCUT2D eigenvalue weighted by atomic mass is 32.1. The van der Waals surface area contributed by atoms with Gasteiger partial charge in [-0.1, -0.05) is 0 Å². The quantitative estimate of drug-likeness (QED) is 0.901. The number of aryl methyl sites for hydroxylation is 1. The van der Waals surface area contributed by atoms with Crippen molar-refractivity contribution in [3.8, 4) is 0 Å². The van der Waals surface area contributed by atoms with Crippen LogP contribution in [0.4, 0.5) is 10.8 Å². The lowest BCUT2D eigenvalue weighted by molar-refractivity contribution is 0.246. The third kappa shape index (κ3) is 2.93. The van der Waals surface area contributed by atoms with Crippen LogP contribution in [-0.4, -0.2) is 16.0 Å². The molecule has 1 saturated carbocycles. The van der Waals surface area contributed by atoms with Gasteiger partial charge in [-0.2, -0.15) is 0 Å². The van der Waals surface area contributed by atoms with Crippen LogP contribution in [0.2, 0.25) is 0 Å². The number of nitrogens with one attached hydrogen (secondary N) is 2. The van der Waals surface area contributed by atoms with Crippen molar-refractivity contribution < 1.29 is 9.21 Å². The Kier molecular flexibility index (Phi) is 3.20. The fourth-order valence-electron chi connectivity index (χ4n) is 1.89. The molecule has 0 spiro atoms. The minimum absolute atomic E-state index is 0.0198. The van der Waals surface area contributed by atoms with Crippen molar-refractivity contribution in [2.45, 2.75) is 25.8 Å². The zero-order valence-electron chi connectivity index (χ0n) is 10.4. The van der Waals surface area contributed by atoms with Crippen LogP contribution in [0, 0.1) is 12.8 Å². The highest BCUT2D eigenvalue weighted by Gasteiger charge is 2.35. The number of oxazole rings is 1. The molecule has 1 fully saturated rings. The number of thiazole rings is 1. The smallest absolute Gasteiger partial charge is 0.323 e. The average Bonchev–Trinajstić information content (AvgIpc) is 2.93. The molecule has 1 unspecified atom stereocenters. The summed E-state index contributed by atoms with van der Waals surface area (Å²) in [5.41, 5.74) is 0.987. The molecule has 3 rings (SSSR count). The fourth-order valence-corrected chi connectivity index (χ4v) is 2.82. The van der Waals surface area contributed by atoms with E-state index < -0.39 is 0 Å². The summed E-state index contributed by atoms with van der Waals surface area (Å²) in [6, 6.07) is -0.136. The first kappa shape index (κ1) is 12.2. The summed E-state index contributed by atoms with van der Waals surface area (Å²) in [5.74, 6) is 0.487. The van der Waals surface area contributed by atoms with Crippen LogP contribution in [0.5, 0.6) is 0 Å². The van der Waals surface area contributed by atoms with E-state index in [1.165, 1.54) is 12.5 Å². The number of amides is 2. The van der Waals surface area contributed by atoms with Gasteiger partial charge in [0.05, 0.1) is 12.2 Å². The van der Waals surface area contributed by atoms with Gasteiger partial charge in [0, 0.05) is 11.1 Å². The zero-order chi connectivity index (χ0) is 13.2. The molecule has 0 aromatic carbocycles. The number of aromatic nitrogens is 2. The molecule has 6 nitrogen and oxygen atoms in total. The van der Waals surface area contributed by atoms with E-state index in [-0.39, 0.29) is 18.1 Å². The van der Waals surface area contributed by atoms with Crippen LogP contribution in [0.15, 0.2) is 22.3 Å². The van der Waals surface area contributed by atoms with Crippen LogP contribution >= 0.6 is 11.3 Å². The number of rotatable bonds is 4. The molecule has 1 aliphatic carbocycles. The van der Waals surface area contributed by atoms with E-state index in [2.05, 4.69) is 20.6 Å². The summed E-state index contributed by atoms with van der Waals surface area (Å²) >= 11 is 1.58. The topological polar surface area (TPSA) is 80.0 Å². The molecule has 2 amide bonds. The molecule has 0 aliphatic heterocycles. The number of anilines is 1. The lowest BCUT2D eigenvalue weighted by atomic mass is 10.2. The van der Waals surface area contributed by atoms with Gasteiger partial charge in [-0.3, -0.25) is 5.32 Å². The Morgan fingerprint density at radius 3 is 3.00 bits per heavy atom. The van der Waals surface area contributed by atoms with E-state index in [1.54, 1.807) is 11.3 Å². The number of hydrogen-bond donors (Lipinski definition) is 2. The molecule has 2 aromatic rings. The van der Waals surface area contributed by atoms with Gasteiger partial charge in [-0.05, 0) is 25.7 Å². The predicted octanol–water partition coefficient (Wildman–Crippen LogP) is 2.71. The average molecular weight is 278 g/mol. The molecule has 0 bridgehead atoms. The molecule has 19 heavy (non-hydrogen) atoms. The van der Waals surface area contributed by atoms with Gasteiger partial charge in [0.2, 0.25) is 0 Å². The first-order valence-electron chi connectivity index (χ1n) is 6.11.